The first-order valence-corrected chi connectivity index (χ1v) is 8.48. The van der Waals surface area contributed by atoms with Gasteiger partial charge in [-0.25, -0.2) is 0 Å². The van der Waals surface area contributed by atoms with Gasteiger partial charge in [0.1, 0.15) is 23.1 Å². The van der Waals surface area contributed by atoms with Crippen LogP contribution in [-0.2, 0) is 28.5 Å². The van der Waals surface area contributed by atoms with E-state index in [1.54, 1.807) is 34.6 Å². The monoisotopic (exact) mass is 396 g/mol. The van der Waals surface area contributed by atoms with Gasteiger partial charge in [-0.3, -0.25) is 9.59 Å². The van der Waals surface area contributed by atoms with E-state index in [2.05, 4.69) is 6.58 Å². The van der Waals surface area contributed by atoms with Gasteiger partial charge < -0.3 is 24.1 Å². The number of hydrogen-bond acceptors (Lipinski definition) is 8. The van der Waals surface area contributed by atoms with Crippen molar-refractivity contribution in [2.45, 2.75) is 65.9 Å². The predicted octanol–water partition coefficient (Wildman–Crippen LogP) is 3.15. The van der Waals surface area contributed by atoms with Crippen molar-refractivity contribution < 1.29 is 33.6 Å². The molecule has 7 nitrogen and oxygen atoms in total. The van der Waals surface area contributed by atoms with Crippen LogP contribution in [0, 0.1) is 0 Å². The third kappa shape index (κ3) is 15.0. The Morgan fingerprint density at radius 1 is 1.15 bits per heavy atom. The highest BCUT2D eigenvalue weighted by Gasteiger charge is 2.33. The molecule has 0 aromatic carbocycles. The van der Waals surface area contributed by atoms with Crippen LogP contribution in [0.25, 0.3) is 0 Å². The van der Waals surface area contributed by atoms with Crippen molar-refractivity contribution in [3.63, 3.8) is 0 Å². The fraction of sp³-hybridized carbons (Fsp3) is 0.778. The highest BCUT2D eigenvalue weighted by molar-refractivity contribution is 8.01. The molecule has 0 spiro atoms. The molecule has 0 saturated carbocycles. The van der Waals surface area contributed by atoms with E-state index in [0.29, 0.717) is 0 Å². The first-order chi connectivity index (χ1) is 11.0. The first kappa shape index (κ1) is 29.5. The Balaban J connectivity index is -0.00000264. The van der Waals surface area contributed by atoms with Crippen LogP contribution < -0.4 is 0 Å². The zero-order valence-corrected chi connectivity index (χ0v) is 15.8. The SMILES string of the molecule is C.C.C=COCOCC(O)COC(=O)CSC(C)(C)C(=O)OC(C)(C)C. The lowest BCUT2D eigenvalue weighted by molar-refractivity contribution is -0.156. The number of aliphatic hydroxyl groups excluding tert-OH is 1. The van der Waals surface area contributed by atoms with E-state index < -0.39 is 28.4 Å². The Kier molecular flexibility index (Phi) is 15.8. The molecular weight excluding hydrogens is 360 g/mol. The van der Waals surface area contributed by atoms with E-state index in [9.17, 15) is 14.7 Å². The topological polar surface area (TPSA) is 91.3 Å². The Morgan fingerprint density at radius 3 is 2.23 bits per heavy atom. The molecule has 0 radical (unpaired) electrons. The maximum absolute atomic E-state index is 12.1. The second-order valence-corrected chi connectivity index (χ2v) is 8.06. The molecular formula is C18H36O7S. The summed E-state index contributed by atoms with van der Waals surface area (Å²) < 4.78 is 19.0. The molecule has 26 heavy (non-hydrogen) atoms. The lowest BCUT2D eigenvalue weighted by Crippen LogP contribution is -2.37. The number of carbonyl (C=O) groups is 2. The van der Waals surface area contributed by atoms with Crippen LogP contribution in [0.1, 0.15) is 49.5 Å². The normalized spacial score (nSPS) is 12.1. The average molecular weight is 397 g/mol. The fourth-order valence-electron chi connectivity index (χ4n) is 1.26. The van der Waals surface area contributed by atoms with E-state index in [1.807, 2.05) is 0 Å². The Bertz CT molecular complexity index is 416. The van der Waals surface area contributed by atoms with Crippen LogP contribution in [0.4, 0.5) is 0 Å². The van der Waals surface area contributed by atoms with Gasteiger partial charge in [-0.2, -0.15) is 0 Å². The molecule has 0 bridgehead atoms. The molecule has 0 aromatic rings. The molecule has 1 atom stereocenters. The number of rotatable bonds is 11. The summed E-state index contributed by atoms with van der Waals surface area (Å²) in [5.74, 6) is -0.958. The lowest BCUT2D eigenvalue weighted by Gasteiger charge is -2.27. The second kappa shape index (κ2) is 13.9. The maximum atomic E-state index is 12.1. The lowest BCUT2D eigenvalue weighted by atomic mass is 10.1. The van der Waals surface area contributed by atoms with E-state index >= 15 is 0 Å². The molecule has 0 aliphatic rings. The summed E-state index contributed by atoms with van der Waals surface area (Å²) in [6.07, 6.45) is 0.266. The number of carbonyl (C=O) groups excluding carboxylic acids is 2. The van der Waals surface area contributed by atoms with Gasteiger partial charge in [0.15, 0.2) is 6.79 Å². The number of hydrogen-bond donors (Lipinski definition) is 1. The van der Waals surface area contributed by atoms with Crippen LogP contribution >= 0.6 is 11.8 Å². The minimum absolute atomic E-state index is 0. The van der Waals surface area contributed by atoms with Crippen molar-refractivity contribution in [1.82, 2.24) is 0 Å². The average Bonchev–Trinajstić information content (AvgIpc) is 2.45. The molecule has 0 aliphatic carbocycles. The van der Waals surface area contributed by atoms with Crippen molar-refractivity contribution >= 4 is 23.7 Å². The third-order valence-corrected chi connectivity index (χ3v) is 3.73. The Morgan fingerprint density at radius 2 is 1.73 bits per heavy atom. The molecule has 0 rings (SSSR count). The van der Waals surface area contributed by atoms with Gasteiger partial charge in [0.05, 0.1) is 18.6 Å². The van der Waals surface area contributed by atoms with Crippen molar-refractivity contribution in [1.29, 1.82) is 0 Å². The molecule has 0 heterocycles. The number of esters is 2. The van der Waals surface area contributed by atoms with Gasteiger partial charge in [0, 0.05) is 0 Å². The minimum atomic E-state index is -0.953. The standard InChI is InChI=1S/C16H28O7S.2CH4/c1-7-20-11-21-8-12(17)9-22-13(18)10-24-16(5,6)14(19)23-15(2,3)4;;/h7,12,17H,1,8-11H2,2-6H3;2*1H4. The van der Waals surface area contributed by atoms with Gasteiger partial charge in [0.25, 0.3) is 0 Å². The summed E-state index contributed by atoms with van der Waals surface area (Å²) in [6, 6.07) is 0. The largest absolute Gasteiger partial charge is 0.476 e. The van der Waals surface area contributed by atoms with Gasteiger partial charge in [-0.05, 0) is 34.6 Å². The van der Waals surface area contributed by atoms with E-state index in [4.69, 9.17) is 18.9 Å². The smallest absolute Gasteiger partial charge is 0.322 e. The number of ether oxygens (including phenoxy) is 4. The molecule has 8 heteroatoms. The van der Waals surface area contributed by atoms with Crippen LogP contribution in [0.2, 0.25) is 0 Å². The first-order valence-electron chi connectivity index (χ1n) is 7.49. The number of thioether (sulfide) groups is 1. The summed E-state index contributed by atoms with van der Waals surface area (Å²) in [5, 5.41) is 9.58. The zero-order valence-electron chi connectivity index (χ0n) is 15.0. The Hall–Kier alpha value is -1.25. The zero-order chi connectivity index (χ0) is 18.8. The van der Waals surface area contributed by atoms with Crippen LogP contribution in [0.5, 0.6) is 0 Å². The van der Waals surface area contributed by atoms with Gasteiger partial charge in [-0.1, -0.05) is 21.4 Å². The van der Waals surface area contributed by atoms with Gasteiger partial charge >= 0.3 is 11.9 Å². The fourth-order valence-corrected chi connectivity index (χ4v) is 1.98. The third-order valence-electron chi connectivity index (χ3n) is 2.46. The minimum Gasteiger partial charge on any atom is -0.476 e. The molecule has 0 saturated heterocycles. The summed E-state index contributed by atoms with van der Waals surface area (Å²) >= 11 is 1.12. The highest BCUT2D eigenvalue weighted by atomic mass is 32.2. The summed E-state index contributed by atoms with van der Waals surface area (Å²) in [6.45, 7) is 11.8. The van der Waals surface area contributed by atoms with Gasteiger partial charge in [0.2, 0.25) is 0 Å². The molecule has 0 fully saturated rings. The van der Waals surface area contributed by atoms with Crippen molar-refractivity contribution in [2.24, 2.45) is 0 Å². The quantitative estimate of drug-likeness (QED) is 0.246. The van der Waals surface area contributed by atoms with Crippen LogP contribution in [0.15, 0.2) is 12.8 Å². The number of aliphatic hydroxyl groups is 1. The summed E-state index contributed by atoms with van der Waals surface area (Å²) in [5.41, 5.74) is -0.588. The molecule has 0 amide bonds. The van der Waals surface area contributed by atoms with Crippen molar-refractivity contribution in [3.05, 3.63) is 12.8 Å². The maximum Gasteiger partial charge on any atom is 0.322 e. The summed E-state index contributed by atoms with van der Waals surface area (Å²) in [4.78, 5) is 23.8. The van der Waals surface area contributed by atoms with Crippen molar-refractivity contribution in [3.8, 4) is 0 Å². The van der Waals surface area contributed by atoms with Crippen LogP contribution in [-0.4, -0.2) is 59.3 Å². The molecule has 1 N–H and O–H groups in total. The molecule has 0 aliphatic heterocycles. The Labute approximate surface area is 162 Å². The van der Waals surface area contributed by atoms with E-state index in [1.165, 1.54) is 6.26 Å². The van der Waals surface area contributed by atoms with Crippen LogP contribution in [0.3, 0.4) is 0 Å². The van der Waals surface area contributed by atoms with E-state index in [0.717, 1.165) is 11.8 Å². The van der Waals surface area contributed by atoms with E-state index in [-0.39, 0.29) is 40.6 Å². The highest BCUT2D eigenvalue weighted by Crippen LogP contribution is 2.28. The molecule has 1 unspecified atom stereocenters. The molecule has 156 valence electrons. The molecule has 0 aromatic heterocycles. The predicted molar refractivity (Wildman–Crippen MR) is 105 cm³/mol. The summed E-state index contributed by atoms with van der Waals surface area (Å²) in [7, 11) is 0. The van der Waals surface area contributed by atoms with Gasteiger partial charge in [-0.15, -0.1) is 11.8 Å². The second-order valence-electron chi connectivity index (χ2n) is 6.46. The van der Waals surface area contributed by atoms with Crippen molar-refractivity contribution in [2.75, 3.05) is 25.8 Å².